The Bertz CT molecular complexity index is 1060. The minimum atomic E-state index is -0.688. The number of para-hydroxylation sites is 1. The zero-order valence-electron chi connectivity index (χ0n) is 15.5. The van der Waals surface area contributed by atoms with Gasteiger partial charge in [-0.3, -0.25) is 25.2 Å². The number of rotatable bonds is 6. The summed E-state index contributed by atoms with van der Waals surface area (Å²) in [7, 11) is 1.41. The number of benzene rings is 2. The molecule has 0 aliphatic heterocycles. The van der Waals surface area contributed by atoms with E-state index in [1.165, 1.54) is 19.2 Å². The van der Waals surface area contributed by atoms with E-state index in [0.29, 0.717) is 10.8 Å². The first kappa shape index (κ1) is 20.2. The maximum atomic E-state index is 12.2. The van der Waals surface area contributed by atoms with Crippen molar-refractivity contribution in [3.8, 4) is 5.75 Å². The molecule has 1 aromatic heterocycles. The molecule has 0 aliphatic rings. The number of ether oxygens (including phenoxy) is 2. The third-order valence-corrected chi connectivity index (χ3v) is 4.33. The van der Waals surface area contributed by atoms with Crippen LogP contribution in [0.1, 0.15) is 15.9 Å². The number of hydrogen-bond acceptors (Lipinski definition) is 5. The van der Waals surface area contributed by atoms with Gasteiger partial charge in [-0.05, 0) is 29.8 Å². The lowest BCUT2D eigenvalue weighted by Gasteiger charge is -2.11. The monoisotopic (exact) mass is 415 g/mol. The third-order valence-electron chi connectivity index (χ3n) is 4.10. The summed E-state index contributed by atoms with van der Waals surface area (Å²) in [6.07, 6.45) is 1.74. The molecule has 0 aliphatic carbocycles. The van der Waals surface area contributed by atoms with Crippen LogP contribution in [-0.2, 0) is 20.7 Å². The van der Waals surface area contributed by atoms with Gasteiger partial charge in [0, 0.05) is 22.1 Å². The zero-order valence-corrected chi connectivity index (χ0v) is 16.2. The van der Waals surface area contributed by atoms with Gasteiger partial charge in [-0.15, -0.1) is 0 Å². The smallest absolute Gasteiger partial charge is 0.310 e. The first-order valence-electron chi connectivity index (χ1n) is 8.61. The van der Waals surface area contributed by atoms with E-state index >= 15 is 0 Å². The number of amides is 2. The van der Waals surface area contributed by atoms with Gasteiger partial charge in [0.15, 0.2) is 6.61 Å². The first-order chi connectivity index (χ1) is 14.0. The fourth-order valence-electron chi connectivity index (χ4n) is 2.72. The summed E-state index contributed by atoms with van der Waals surface area (Å²) in [6.45, 7) is -0.534. The summed E-state index contributed by atoms with van der Waals surface area (Å²) in [6, 6.07) is 12.1. The number of esters is 1. The highest BCUT2D eigenvalue weighted by molar-refractivity contribution is 6.31. The predicted molar refractivity (Wildman–Crippen MR) is 107 cm³/mol. The van der Waals surface area contributed by atoms with Crippen molar-refractivity contribution in [1.82, 2.24) is 15.8 Å². The van der Waals surface area contributed by atoms with Gasteiger partial charge in [-0.2, -0.15) is 0 Å². The van der Waals surface area contributed by atoms with Gasteiger partial charge in [0.1, 0.15) is 5.75 Å². The Morgan fingerprint density at radius 2 is 1.90 bits per heavy atom. The molecule has 3 N–H and O–H groups in total. The largest absolute Gasteiger partial charge is 0.496 e. The number of halogens is 1. The normalized spacial score (nSPS) is 10.4. The quantitative estimate of drug-likeness (QED) is 0.423. The third kappa shape index (κ3) is 5.05. The van der Waals surface area contributed by atoms with E-state index in [1.807, 2.05) is 24.3 Å². The Kier molecular flexibility index (Phi) is 6.36. The van der Waals surface area contributed by atoms with Crippen LogP contribution in [0.4, 0.5) is 0 Å². The number of nitrogens with one attached hydrogen (secondary N) is 3. The van der Waals surface area contributed by atoms with Crippen LogP contribution in [0.25, 0.3) is 10.9 Å². The SMILES string of the molecule is COc1ccc(Cl)cc1C(=O)NNC(=O)COC(=O)Cc1c[nH]c2ccccc12. The van der Waals surface area contributed by atoms with E-state index < -0.39 is 24.4 Å². The lowest BCUT2D eigenvalue weighted by atomic mass is 10.1. The van der Waals surface area contributed by atoms with Crippen molar-refractivity contribution in [3.63, 3.8) is 0 Å². The Labute approximate surface area is 171 Å². The number of aromatic nitrogens is 1. The average Bonchev–Trinajstić information content (AvgIpc) is 3.13. The fraction of sp³-hybridized carbons (Fsp3) is 0.150. The Morgan fingerprint density at radius 3 is 2.69 bits per heavy atom. The van der Waals surface area contributed by atoms with Crippen molar-refractivity contribution < 1.29 is 23.9 Å². The molecule has 0 radical (unpaired) electrons. The van der Waals surface area contributed by atoms with E-state index in [9.17, 15) is 14.4 Å². The lowest BCUT2D eigenvalue weighted by Crippen LogP contribution is -2.43. The second kappa shape index (κ2) is 9.11. The van der Waals surface area contributed by atoms with Crippen LogP contribution in [0.3, 0.4) is 0 Å². The molecular formula is C20H18ClN3O5. The molecule has 0 spiro atoms. The second-order valence-corrected chi connectivity index (χ2v) is 6.48. The van der Waals surface area contributed by atoms with E-state index in [0.717, 1.165) is 16.5 Å². The molecule has 29 heavy (non-hydrogen) atoms. The number of carbonyl (C=O) groups is 3. The average molecular weight is 416 g/mol. The molecule has 0 fully saturated rings. The Morgan fingerprint density at radius 1 is 1.10 bits per heavy atom. The van der Waals surface area contributed by atoms with Crippen molar-refractivity contribution in [2.24, 2.45) is 0 Å². The highest BCUT2D eigenvalue weighted by Gasteiger charge is 2.15. The van der Waals surface area contributed by atoms with Gasteiger partial charge < -0.3 is 14.5 Å². The van der Waals surface area contributed by atoms with Crippen molar-refractivity contribution in [2.75, 3.05) is 13.7 Å². The standard InChI is InChI=1S/C20H18ClN3O5/c1-28-17-7-6-13(21)9-15(17)20(27)24-23-18(25)11-29-19(26)8-12-10-22-16-5-3-2-4-14(12)16/h2-7,9-10,22H,8,11H2,1H3,(H,23,25)(H,24,27). The van der Waals surface area contributed by atoms with E-state index in [1.54, 1.807) is 12.3 Å². The molecular weight excluding hydrogens is 398 g/mol. The number of H-pyrrole nitrogens is 1. The van der Waals surface area contributed by atoms with Gasteiger partial charge in [0.25, 0.3) is 11.8 Å². The van der Waals surface area contributed by atoms with Crippen molar-refractivity contribution >= 4 is 40.3 Å². The molecule has 0 saturated heterocycles. The van der Waals surface area contributed by atoms with E-state index in [4.69, 9.17) is 21.1 Å². The molecule has 0 unspecified atom stereocenters. The van der Waals surface area contributed by atoms with Crippen molar-refractivity contribution in [1.29, 1.82) is 0 Å². The molecule has 0 saturated carbocycles. The number of methoxy groups -OCH3 is 1. The van der Waals surface area contributed by atoms with Gasteiger partial charge in [0.2, 0.25) is 0 Å². The van der Waals surface area contributed by atoms with Crippen molar-refractivity contribution in [3.05, 3.63) is 64.8 Å². The lowest BCUT2D eigenvalue weighted by molar-refractivity contribution is -0.148. The number of hydrazine groups is 1. The van der Waals surface area contributed by atoms with Crippen LogP contribution < -0.4 is 15.6 Å². The first-order valence-corrected chi connectivity index (χ1v) is 8.99. The maximum Gasteiger partial charge on any atom is 0.310 e. The summed E-state index contributed by atoms with van der Waals surface area (Å²) in [4.78, 5) is 39.1. The molecule has 2 amide bonds. The molecule has 1 heterocycles. The summed E-state index contributed by atoms with van der Waals surface area (Å²) in [5, 5.41) is 1.25. The highest BCUT2D eigenvalue weighted by atomic mass is 35.5. The van der Waals surface area contributed by atoms with E-state index in [-0.39, 0.29) is 12.0 Å². The maximum absolute atomic E-state index is 12.2. The molecule has 0 atom stereocenters. The summed E-state index contributed by atoms with van der Waals surface area (Å²) >= 11 is 5.88. The van der Waals surface area contributed by atoms with Crippen LogP contribution in [0.5, 0.6) is 5.75 Å². The van der Waals surface area contributed by atoms with Crippen LogP contribution in [-0.4, -0.2) is 36.5 Å². The minimum absolute atomic E-state index is 0.0172. The molecule has 3 aromatic rings. The Hall–Kier alpha value is -3.52. The topological polar surface area (TPSA) is 110 Å². The molecule has 0 bridgehead atoms. The van der Waals surface area contributed by atoms with Gasteiger partial charge in [0.05, 0.1) is 19.1 Å². The van der Waals surface area contributed by atoms with Crippen molar-refractivity contribution in [2.45, 2.75) is 6.42 Å². The summed E-state index contributed by atoms with van der Waals surface area (Å²) < 4.78 is 10.0. The van der Waals surface area contributed by atoms with Crippen LogP contribution >= 0.6 is 11.6 Å². The highest BCUT2D eigenvalue weighted by Crippen LogP contribution is 2.22. The van der Waals surface area contributed by atoms with Gasteiger partial charge in [-0.25, -0.2) is 0 Å². The second-order valence-electron chi connectivity index (χ2n) is 6.04. The number of carbonyl (C=O) groups excluding carboxylic acids is 3. The summed E-state index contributed by atoms with van der Waals surface area (Å²) in [5.74, 6) is -1.58. The molecule has 150 valence electrons. The van der Waals surface area contributed by atoms with E-state index in [2.05, 4.69) is 15.8 Å². The predicted octanol–water partition coefficient (Wildman–Crippen LogP) is 2.38. The Balaban J connectivity index is 1.48. The molecule has 3 rings (SSSR count). The zero-order chi connectivity index (χ0) is 20.8. The summed E-state index contributed by atoms with van der Waals surface area (Å²) in [5.41, 5.74) is 6.23. The van der Waals surface area contributed by atoms with Gasteiger partial charge >= 0.3 is 5.97 Å². The van der Waals surface area contributed by atoms with Crippen LogP contribution in [0, 0.1) is 0 Å². The minimum Gasteiger partial charge on any atom is -0.496 e. The molecule has 9 heteroatoms. The number of hydrogen-bond donors (Lipinski definition) is 3. The number of aromatic amines is 1. The molecule has 8 nitrogen and oxygen atoms in total. The number of fused-ring (bicyclic) bond motifs is 1. The van der Waals surface area contributed by atoms with Crippen LogP contribution in [0.15, 0.2) is 48.7 Å². The van der Waals surface area contributed by atoms with Crippen LogP contribution in [0.2, 0.25) is 5.02 Å². The van der Waals surface area contributed by atoms with Gasteiger partial charge in [-0.1, -0.05) is 29.8 Å². The fourth-order valence-corrected chi connectivity index (χ4v) is 2.89. The molecule has 2 aromatic carbocycles.